The molecule has 0 aliphatic heterocycles. The van der Waals surface area contributed by atoms with Crippen LogP contribution < -0.4 is 10.1 Å². The molecule has 27 heavy (non-hydrogen) atoms. The fraction of sp³-hybridized carbons (Fsp3) is 0.238. The van der Waals surface area contributed by atoms with E-state index in [1.807, 2.05) is 31.2 Å². The maximum absolute atomic E-state index is 14.2. The summed E-state index contributed by atoms with van der Waals surface area (Å²) in [7, 11) is 0. The van der Waals surface area contributed by atoms with Crippen molar-refractivity contribution in [2.75, 3.05) is 6.61 Å². The van der Waals surface area contributed by atoms with Gasteiger partial charge in [0.2, 0.25) is 5.91 Å². The third-order valence-electron chi connectivity index (χ3n) is 4.18. The number of ether oxygens (including phenoxy) is 1. The number of para-hydroxylation sites is 1. The maximum atomic E-state index is 14.2. The van der Waals surface area contributed by atoms with Crippen molar-refractivity contribution in [3.05, 3.63) is 78.1 Å². The normalized spacial score (nSPS) is 10.6. The van der Waals surface area contributed by atoms with Gasteiger partial charge in [0.1, 0.15) is 11.6 Å². The molecule has 0 unspecified atom stereocenters. The molecule has 1 amide bonds. The zero-order valence-electron chi connectivity index (χ0n) is 15.2. The number of nitrogens with one attached hydrogen (secondary N) is 1. The second kappa shape index (κ2) is 8.98. The van der Waals surface area contributed by atoms with Gasteiger partial charge in [0.05, 0.1) is 18.6 Å². The van der Waals surface area contributed by atoms with Crippen LogP contribution in [0.2, 0.25) is 0 Å². The Morgan fingerprint density at radius 3 is 2.85 bits per heavy atom. The Balaban J connectivity index is 1.53. The smallest absolute Gasteiger partial charge is 0.220 e. The molecule has 0 spiro atoms. The molecule has 1 aromatic heterocycles. The molecule has 0 saturated carbocycles. The lowest BCUT2D eigenvalue weighted by Gasteiger charge is -2.11. The zero-order valence-corrected chi connectivity index (χ0v) is 15.2. The molecule has 0 fully saturated rings. The van der Waals surface area contributed by atoms with E-state index in [0.717, 1.165) is 11.3 Å². The Morgan fingerprint density at radius 1 is 1.26 bits per heavy atom. The van der Waals surface area contributed by atoms with Gasteiger partial charge in [0.15, 0.2) is 0 Å². The van der Waals surface area contributed by atoms with E-state index in [-0.39, 0.29) is 18.3 Å². The average molecular weight is 367 g/mol. The van der Waals surface area contributed by atoms with Crippen molar-refractivity contribution in [2.45, 2.75) is 26.3 Å². The van der Waals surface area contributed by atoms with Crippen molar-refractivity contribution in [3.63, 3.8) is 0 Å². The van der Waals surface area contributed by atoms with Crippen LogP contribution in [0.4, 0.5) is 4.39 Å². The van der Waals surface area contributed by atoms with Crippen LogP contribution in [0.15, 0.2) is 61.2 Å². The van der Waals surface area contributed by atoms with Gasteiger partial charge in [-0.15, -0.1) is 0 Å². The van der Waals surface area contributed by atoms with Gasteiger partial charge < -0.3 is 14.6 Å². The van der Waals surface area contributed by atoms with Crippen molar-refractivity contribution in [2.24, 2.45) is 0 Å². The van der Waals surface area contributed by atoms with Crippen molar-refractivity contribution < 1.29 is 13.9 Å². The van der Waals surface area contributed by atoms with Gasteiger partial charge in [0, 0.05) is 25.4 Å². The number of rotatable bonds is 8. The minimum absolute atomic E-state index is 0.0830. The highest BCUT2D eigenvalue weighted by Gasteiger charge is 2.09. The number of imidazole rings is 1. The number of nitrogens with zero attached hydrogens (tertiary/aromatic N) is 2. The molecule has 5 nitrogen and oxygen atoms in total. The molecule has 2 aromatic carbocycles. The predicted octanol–water partition coefficient (Wildman–Crippen LogP) is 3.66. The summed E-state index contributed by atoms with van der Waals surface area (Å²) < 4.78 is 21.4. The average Bonchev–Trinajstić information content (AvgIpc) is 3.20. The van der Waals surface area contributed by atoms with Gasteiger partial charge >= 0.3 is 0 Å². The van der Waals surface area contributed by atoms with Crippen molar-refractivity contribution in [3.8, 4) is 11.4 Å². The van der Waals surface area contributed by atoms with Crippen LogP contribution in [0.1, 0.15) is 24.5 Å². The van der Waals surface area contributed by atoms with Crippen LogP contribution in [0.5, 0.6) is 5.75 Å². The number of halogens is 1. The van der Waals surface area contributed by atoms with Crippen LogP contribution in [-0.4, -0.2) is 22.1 Å². The van der Waals surface area contributed by atoms with Crippen LogP contribution >= 0.6 is 0 Å². The number of amides is 1. The first-order valence-corrected chi connectivity index (χ1v) is 8.91. The molecule has 1 heterocycles. The number of benzene rings is 2. The number of carbonyl (C=O) groups excluding carboxylic acids is 1. The first kappa shape index (κ1) is 18.6. The summed E-state index contributed by atoms with van der Waals surface area (Å²) in [6, 6.07) is 12.6. The van der Waals surface area contributed by atoms with Crippen LogP contribution in [0.3, 0.4) is 0 Å². The molecule has 0 radical (unpaired) electrons. The Hall–Kier alpha value is -3.15. The fourth-order valence-corrected chi connectivity index (χ4v) is 2.82. The van der Waals surface area contributed by atoms with Crippen molar-refractivity contribution in [1.82, 2.24) is 14.9 Å². The molecule has 0 saturated heterocycles. The van der Waals surface area contributed by atoms with Crippen molar-refractivity contribution >= 4 is 5.91 Å². The van der Waals surface area contributed by atoms with E-state index in [0.29, 0.717) is 30.7 Å². The number of hydrogen-bond acceptors (Lipinski definition) is 3. The SMILES string of the molecule is CCOc1ccccc1CCC(=O)NCc1ccc(-n2ccnc2)c(F)c1. The van der Waals surface area contributed by atoms with Crippen LogP contribution in [0.25, 0.3) is 5.69 Å². The fourth-order valence-electron chi connectivity index (χ4n) is 2.82. The Kier molecular flexibility index (Phi) is 6.20. The topological polar surface area (TPSA) is 56.1 Å². The highest BCUT2D eigenvalue weighted by Crippen LogP contribution is 2.19. The number of aromatic nitrogens is 2. The minimum Gasteiger partial charge on any atom is -0.494 e. The molecular formula is C21H22FN3O2. The molecule has 0 atom stereocenters. The van der Waals surface area contributed by atoms with E-state index in [1.165, 1.54) is 6.07 Å². The summed E-state index contributed by atoms with van der Waals surface area (Å²) in [5.74, 6) is 0.371. The summed E-state index contributed by atoms with van der Waals surface area (Å²) >= 11 is 0. The standard InChI is InChI=1S/C21H22FN3O2/c1-2-27-20-6-4-3-5-17(20)8-10-21(26)24-14-16-7-9-19(18(22)13-16)25-12-11-23-15-25/h3-7,9,11-13,15H,2,8,10,14H2,1H3,(H,24,26). The third-order valence-corrected chi connectivity index (χ3v) is 4.18. The molecule has 0 bridgehead atoms. The van der Waals surface area contributed by atoms with Gasteiger partial charge in [-0.25, -0.2) is 9.37 Å². The van der Waals surface area contributed by atoms with Gasteiger partial charge in [-0.05, 0) is 42.7 Å². The molecule has 140 valence electrons. The first-order valence-electron chi connectivity index (χ1n) is 8.91. The van der Waals surface area contributed by atoms with Gasteiger partial charge in [-0.2, -0.15) is 0 Å². The van der Waals surface area contributed by atoms with Crippen LogP contribution in [-0.2, 0) is 17.8 Å². The summed E-state index contributed by atoms with van der Waals surface area (Å²) in [5.41, 5.74) is 2.14. The lowest BCUT2D eigenvalue weighted by Crippen LogP contribution is -2.23. The first-order chi connectivity index (χ1) is 13.2. The van der Waals surface area contributed by atoms with E-state index in [9.17, 15) is 9.18 Å². The summed E-state index contributed by atoms with van der Waals surface area (Å²) in [6.45, 7) is 2.80. The largest absolute Gasteiger partial charge is 0.494 e. The van der Waals surface area contributed by atoms with Gasteiger partial charge in [-0.3, -0.25) is 4.79 Å². The summed E-state index contributed by atoms with van der Waals surface area (Å²) in [5, 5.41) is 2.84. The molecule has 3 rings (SSSR count). The number of carbonyl (C=O) groups is 1. The maximum Gasteiger partial charge on any atom is 0.220 e. The highest BCUT2D eigenvalue weighted by molar-refractivity contribution is 5.76. The zero-order chi connectivity index (χ0) is 19.1. The summed E-state index contributed by atoms with van der Waals surface area (Å²) in [6.07, 6.45) is 5.76. The van der Waals surface area contributed by atoms with Gasteiger partial charge in [-0.1, -0.05) is 24.3 Å². The third kappa shape index (κ3) is 4.94. The predicted molar refractivity (Wildman–Crippen MR) is 101 cm³/mol. The van der Waals surface area contributed by atoms with E-state index in [2.05, 4.69) is 10.3 Å². The lowest BCUT2D eigenvalue weighted by molar-refractivity contribution is -0.121. The lowest BCUT2D eigenvalue weighted by atomic mass is 10.1. The monoisotopic (exact) mass is 367 g/mol. The quantitative estimate of drug-likeness (QED) is 0.661. The van der Waals surface area contributed by atoms with E-state index in [4.69, 9.17) is 4.74 Å². The molecule has 1 N–H and O–H groups in total. The Bertz CT molecular complexity index is 894. The number of aryl methyl sites for hydroxylation is 1. The number of hydrogen-bond donors (Lipinski definition) is 1. The van der Waals surface area contributed by atoms with Crippen molar-refractivity contribution in [1.29, 1.82) is 0 Å². The molecule has 6 heteroatoms. The summed E-state index contributed by atoms with van der Waals surface area (Å²) in [4.78, 5) is 16.1. The highest BCUT2D eigenvalue weighted by atomic mass is 19.1. The Labute approximate surface area is 157 Å². The van der Waals surface area contributed by atoms with Crippen LogP contribution in [0, 0.1) is 5.82 Å². The van der Waals surface area contributed by atoms with Gasteiger partial charge in [0.25, 0.3) is 0 Å². The molecule has 0 aliphatic carbocycles. The van der Waals surface area contributed by atoms with E-state index in [1.54, 1.807) is 35.4 Å². The molecular weight excluding hydrogens is 345 g/mol. The van der Waals surface area contributed by atoms with E-state index >= 15 is 0 Å². The molecule has 3 aromatic rings. The molecule has 0 aliphatic rings. The second-order valence-corrected chi connectivity index (χ2v) is 6.07. The Morgan fingerprint density at radius 2 is 2.11 bits per heavy atom. The van der Waals surface area contributed by atoms with E-state index < -0.39 is 0 Å². The second-order valence-electron chi connectivity index (χ2n) is 6.07. The minimum atomic E-state index is -0.356.